The van der Waals surface area contributed by atoms with E-state index in [1.165, 1.54) is 38.1 Å². The van der Waals surface area contributed by atoms with Crippen LogP contribution in [-0.4, -0.2) is 142 Å². The van der Waals surface area contributed by atoms with Crippen molar-refractivity contribution in [3.05, 3.63) is 82.9 Å². The van der Waals surface area contributed by atoms with Crippen LogP contribution in [0.25, 0.3) is 21.5 Å². The number of amides is 5. The summed E-state index contributed by atoms with van der Waals surface area (Å²) in [4.78, 5) is 85.8. The lowest BCUT2D eigenvalue weighted by molar-refractivity contribution is -0.182. The van der Waals surface area contributed by atoms with Gasteiger partial charge in [-0.15, -0.1) is 0 Å². The minimum absolute atomic E-state index is 0.0411. The Kier molecular flexibility index (Phi) is 16.5. The van der Waals surface area contributed by atoms with Crippen molar-refractivity contribution in [3.8, 4) is 11.5 Å². The van der Waals surface area contributed by atoms with E-state index in [1.54, 1.807) is 39.0 Å². The van der Waals surface area contributed by atoms with Crippen LogP contribution in [0.3, 0.4) is 0 Å². The zero-order valence-corrected chi connectivity index (χ0v) is 37.8. The third kappa shape index (κ3) is 12.5. The van der Waals surface area contributed by atoms with Crippen molar-refractivity contribution in [2.75, 3.05) is 66.8 Å². The number of imide groups is 1. The predicted molar refractivity (Wildman–Crippen MR) is 237 cm³/mol. The van der Waals surface area contributed by atoms with Crippen LogP contribution in [0, 0.1) is 0 Å². The van der Waals surface area contributed by atoms with Gasteiger partial charge in [-0.1, -0.05) is 30.3 Å². The van der Waals surface area contributed by atoms with Crippen LogP contribution in [0.5, 0.6) is 11.5 Å². The van der Waals surface area contributed by atoms with Crippen molar-refractivity contribution in [2.45, 2.75) is 71.2 Å². The monoisotopic (exact) mass is 916 g/mol. The second-order valence-corrected chi connectivity index (χ2v) is 16.6. The molecular formula is C47H56N4O15. The molecule has 66 heavy (non-hydrogen) atoms. The molecule has 19 nitrogen and oxygen atoms in total. The van der Waals surface area contributed by atoms with Gasteiger partial charge in [-0.25, -0.2) is 9.59 Å². The van der Waals surface area contributed by atoms with Gasteiger partial charge < -0.3 is 48.5 Å². The Labute approximate surface area is 381 Å². The van der Waals surface area contributed by atoms with Crippen molar-refractivity contribution >= 4 is 57.2 Å². The Morgan fingerprint density at radius 3 is 2.36 bits per heavy atom. The van der Waals surface area contributed by atoms with Gasteiger partial charge in [-0.3, -0.25) is 28.9 Å². The largest absolute Gasteiger partial charge is 0.496 e. The number of nitrogens with zero attached hydrogens (tertiary/aromatic N) is 2. The number of hydrogen-bond acceptors (Lipinski definition) is 15. The number of hydrogen-bond donors (Lipinski definition) is 3. The number of hydroxylamine groups is 1. The molecule has 4 aromatic rings. The van der Waals surface area contributed by atoms with E-state index in [0.717, 1.165) is 10.3 Å². The first-order valence-electron chi connectivity index (χ1n) is 21.5. The zero-order chi connectivity index (χ0) is 47.5. The molecule has 6 rings (SSSR count). The standard InChI is InChI=1S/C47H56N4O15/c1-28(52)38-25-31(53)26-39(65-38)64-37-13-11-29(23-35(37)42(54)48-15-18-60-19-20-61-21-22-63-49-45(57)66-47(2,3)4)27-62-46(58)50(5)16-17-51-43(55)33-12-14-36(59-6)34-24-30-9-7-8-10-32(30)41(40(33)34)44(51)56/h7-14,23-24,31,38-39,53H,15-22,25-27H2,1-6H3,(H,48,54)(H,49,57). The van der Waals surface area contributed by atoms with E-state index in [-0.39, 0.29) is 89.2 Å². The molecule has 0 aromatic heterocycles. The van der Waals surface area contributed by atoms with Crippen LogP contribution in [0.4, 0.5) is 9.59 Å². The average Bonchev–Trinajstić information content (AvgIpc) is 3.27. The highest BCUT2D eigenvalue weighted by molar-refractivity contribution is 6.31. The van der Waals surface area contributed by atoms with Crippen molar-refractivity contribution in [2.24, 2.45) is 0 Å². The minimum atomic E-state index is -1.03. The average molecular weight is 917 g/mol. The van der Waals surface area contributed by atoms with E-state index >= 15 is 0 Å². The van der Waals surface area contributed by atoms with Crippen LogP contribution in [0.15, 0.2) is 60.7 Å². The molecule has 0 bridgehead atoms. The Morgan fingerprint density at radius 2 is 1.62 bits per heavy atom. The Hall–Kier alpha value is -6.38. The zero-order valence-electron chi connectivity index (χ0n) is 37.8. The lowest BCUT2D eigenvalue weighted by Gasteiger charge is -2.32. The van der Waals surface area contributed by atoms with Gasteiger partial charge in [0.25, 0.3) is 17.7 Å². The van der Waals surface area contributed by atoms with Crippen molar-refractivity contribution < 1.29 is 71.9 Å². The maximum atomic E-state index is 14.1. The molecule has 5 amide bonds. The first-order chi connectivity index (χ1) is 31.5. The molecule has 0 saturated carbocycles. The van der Waals surface area contributed by atoms with Gasteiger partial charge in [0.2, 0.25) is 6.29 Å². The van der Waals surface area contributed by atoms with Crippen molar-refractivity contribution in [3.63, 3.8) is 0 Å². The first kappa shape index (κ1) is 49.1. The summed E-state index contributed by atoms with van der Waals surface area (Å²) < 4.78 is 39.0. The van der Waals surface area contributed by atoms with Crippen LogP contribution >= 0.6 is 0 Å². The molecule has 1 saturated heterocycles. The maximum absolute atomic E-state index is 14.1. The van der Waals surface area contributed by atoms with Crippen LogP contribution < -0.4 is 20.3 Å². The molecule has 0 radical (unpaired) electrons. The van der Waals surface area contributed by atoms with Gasteiger partial charge in [0.1, 0.15) is 29.8 Å². The fourth-order valence-corrected chi connectivity index (χ4v) is 7.35. The number of ether oxygens (including phenoxy) is 7. The summed E-state index contributed by atoms with van der Waals surface area (Å²) >= 11 is 0. The Bertz CT molecular complexity index is 2440. The fraction of sp³-hybridized carbons (Fsp3) is 0.447. The summed E-state index contributed by atoms with van der Waals surface area (Å²) in [6.45, 7) is 7.06. The quantitative estimate of drug-likeness (QED) is 0.0463. The predicted octanol–water partition coefficient (Wildman–Crippen LogP) is 4.92. The third-order valence-corrected chi connectivity index (χ3v) is 10.5. The van der Waals surface area contributed by atoms with E-state index in [9.17, 15) is 33.9 Å². The number of aliphatic hydroxyl groups excluding tert-OH is 1. The molecule has 0 spiro atoms. The highest BCUT2D eigenvalue weighted by atomic mass is 16.7. The second-order valence-electron chi connectivity index (χ2n) is 16.6. The summed E-state index contributed by atoms with van der Waals surface area (Å²) in [7, 11) is 3.01. The molecule has 0 aliphatic carbocycles. The number of ketones is 1. The highest BCUT2D eigenvalue weighted by Crippen LogP contribution is 2.40. The smallest absolute Gasteiger partial charge is 0.431 e. The first-order valence-corrected chi connectivity index (χ1v) is 21.5. The molecule has 2 heterocycles. The second kappa shape index (κ2) is 22.2. The lowest BCUT2D eigenvalue weighted by Crippen LogP contribution is -2.45. The summed E-state index contributed by atoms with van der Waals surface area (Å²) in [5, 5.41) is 15.8. The van der Waals surface area contributed by atoms with Gasteiger partial charge >= 0.3 is 12.2 Å². The molecule has 1 fully saturated rings. The molecule has 3 N–H and O–H groups in total. The van der Waals surface area contributed by atoms with Crippen LogP contribution in [0.2, 0.25) is 0 Å². The molecule has 2 aliphatic heterocycles. The van der Waals surface area contributed by atoms with Crippen LogP contribution in [0.1, 0.15) is 77.2 Å². The van der Waals surface area contributed by atoms with E-state index in [0.29, 0.717) is 38.6 Å². The fourth-order valence-electron chi connectivity index (χ4n) is 7.35. The topological polar surface area (TPSA) is 227 Å². The molecular weight excluding hydrogens is 861 g/mol. The number of carbonyl (C=O) groups excluding carboxylic acids is 6. The summed E-state index contributed by atoms with van der Waals surface area (Å²) in [5.74, 6) is -1.18. The molecule has 4 aromatic carbocycles. The number of nitrogens with one attached hydrogen (secondary N) is 2. The maximum Gasteiger partial charge on any atom is 0.431 e. The van der Waals surface area contributed by atoms with E-state index in [1.807, 2.05) is 30.3 Å². The Morgan fingerprint density at radius 1 is 0.894 bits per heavy atom. The molecule has 2 aliphatic rings. The van der Waals surface area contributed by atoms with E-state index < -0.39 is 54.0 Å². The lowest BCUT2D eigenvalue weighted by atomic mass is 9.89. The van der Waals surface area contributed by atoms with Crippen molar-refractivity contribution in [1.29, 1.82) is 0 Å². The van der Waals surface area contributed by atoms with Gasteiger partial charge in [0.15, 0.2) is 5.78 Å². The van der Waals surface area contributed by atoms with E-state index in [4.69, 9.17) is 38.0 Å². The van der Waals surface area contributed by atoms with Crippen LogP contribution in [-0.2, 0) is 39.9 Å². The SMILES string of the molecule is COc1ccc2c3c(c4ccccc4cc13)C(=O)N(CCN(C)C(=O)OCc1ccc(OC3CC(O)CC(C(C)=O)O3)c(C(=O)NCCOCCOCCONC(=O)OC(C)(C)C)c1)C2=O. The molecule has 3 unspecified atom stereocenters. The number of likely N-dealkylation sites (N-methyl/N-ethyl adjacent to an activating group) is 1. The number of benzene rings is 4. The number of Topliss-reactive ketones (excluding diaryl/α,β-unsaturated/α-hetero) is 1. The normalized spacial score (nSPS) is 17.1. The number of rotatable bonds is 20. The van der Waals surface area contributed by atoms with Crippen molar-refractivity contribution in [1.82, 2.24) is 20.6 Å². The third-order valence-electron chi connectivity index (χ3n) is 10.5. The number of fused-ring (bicyclic) bond motifs is 2. The summed E-state index contributed by atoms with van der Waals surface area (Å²) in [5.41, 5.74) is 2.72. The van der Waals surface area contributed by atoms with Gasteiger partial charge in [0, 0.05) is 55.9 Å². The summed E-state index contributed by atoms with van der Waals surface area (Å²) in [6.07, 6.45) is -4.07. The molecule has 19 heteroatoms. The summed E-state index contributed by atoms with van der Waals surface area (Å²) in [6, 6.07) is 17.2. The van der Waals surface area contributed by atoms with Gasteiger partial charge in [-0.05, 0) is 74.4 Å². The molecule has 3 atom stereocenters. The number of carbonyl (C=O) groups is 6. The number of aliphatic hydroxyl groups is 1. The Balaban J connectivity index is 1.03. The minimum Gasteiger partial charge on any atom is -0.496 e. The highest BCUT2D eigenvalue weighted by Gasteiger charge is 2.36. The van der Waals surface area contributed by atoms with Gasteiger partial charge in [-0.2, -0.15) is 5.48 Å². The molecule has 354 valence electrons. The number of methoxy groups -OCH3 is 1. The van der Waals surface area contributed by atoms with Gasteiger partial charge in [0.05, 0.1) is 57.4 Å². The van der Waals surface area contributed by atoms with E-state index in [2.05, 4.69) is 10.8 Å².